The second kappa shape index (κ2) is 6.12. The number of aryl methyl sites for hydroxylation is 1. The number of allylic oxidation sites excluding steroid dienone is 2. The summed E-state index contributed by atoms with van der Waals surface area (Å²) in [4.78, 5) is 1.58. The highest BCUT2D eigenvalue weighted by atomic mass is 32.2. The Morgan fingerprint density at radius 1 is 1.12 bits per heavy atom. The number of hydrogen-bond acceptors (Lipinski definition) is 2. The Labute approximate surface area is 151 Å². The molecule has 0 saturated heterocycles. The van der Waals surface area contributed by atoms with Crippen molar-refractivity contribution in [3.05, 3.63) is 39.8 Å². The van der Waals surface area contributed by atoms with Crippen LogP contribution in [-0.2, 0) is 6.42 Å². The van der Waals surface area contributed by atoms with Crippen LogP contribution in [0.25, 0.3) is 0 Å². The van der Waals surface area contributed by atoms with E-state index in [0.717, 1.165) is 23.0 Å². The van der Waals surface area contributed by atoms with Crippen LogP contribution in [0.2, 0.25) is 0 Å². The van der Waals surface area contributed by atoms with Crippen LogP contribution in [0.3, 0.4) is 0 Å². The highest BCUT2D eigenvalue weighted by Crippen LogP contribution is 2.61. The molecule has 1 fully saturated rings. The molecule has 2 aliphatic heterocycles. The molecule has 3 aliphatic rings. The van der Waals surface area contributed by atoms with E-state index in [-0.39, 0.29) is 0 Å². The summed E-state index contributed by atoms with van der Waals surface area (Å²) >= 11 is 2.16. The van der Waals surface area contributed by atoms with Gasteiger partial charge in [0.05, 0.1) is 0 Å². The minimum absolute atomic E-state index is 0.654. The van der Waals surface area contributed by atoms with Crippen LogP contribution in [0, 0.1) is 17.8 Å². The number of thioether (sulfide) groups is 1. The molecule has 1 N–H and O–H groups in total. The van der Waals surface area contributed by atoms with Crippen molar-refractivity contribution in [2.24, 2.45) is 17.8 Å². The van der Waals surface area contributed by atoms with Crippen LogP contribution in [-0.4, -0.2) is 11.3 Å². The van der Waals surface area contributed by atoms with Gasteiger partial charge in [-0.05, 0) is 66.9 Å². The quantitative estimate of drug-likeness (QED) is 0.685. The lowest BCUT2D eigenvalue weighted by Crippen LogP contribution is -2.27. The van der Waals surface area contributed by atoms with E-state index in [2.05, 4.69) is 69.9 Å². The van der Waals surface area contributed by atoms with Crippen LogP contribution >= 0.6 is 11.8 Å². The molecular formula is C22H31NS. The van der Waals surface area contributed by atoms with Gasteiger partial charge in [-0.25, -0.2) is 0 Å². The lowest BCUT2D eigenvalue weighted by molar-refractivity contribution is 0.382. The third-order valence-corrected chi connectivity index (χ3v) is 8.72. The average molecular weight is 342 g/mol. The molecule has 1 aromatic rings. The van der Waals surface area contributed by atoms with Gasteiger partial charge >= 0.3 is 0 Å². The lowest BCUT2D eigenvalue weighted by Gasteiger charge is -2.32. The van der Waals surface area contributed by atoms with E-state index in [1.165, 1.54) is 24.9 Å². The van der Waals surface area contributed by atoms with Gasteiger partial charge in [-0.3, -0.25) is 0 Å². The summed E-state index contributed by atoms with van der Waals surface area (Å²) in [5, 5.41) is 4.65. The molecule has 1 nitrogen and oxygen atoms in total. The van der Waals surface area contributed by atoms with Crippen LogP contribution in [0.5, 0.6) is 0 Å². The fourth-order valence-electron chi connectivity index (χ4n) is 5.45. The van der Waals surface area contributed by atoms with Gasteiger partial charge in [0.25, 0.3) is 0 Å². The van der Waals surface area contributed by atoms with Crippen LogP contribution < -0.4 is 5.32 Å². The minimum atomic E-state index is 0.654. The zero-order chi connectivity index (χ0) is 17.0. The van der Waals surface area contributed by atoms with Gasteiger partial charge in [0.15, 0.2) is 0 Å². The van der Waals surface area contributed by atoms with Gasteiger partial charge in [-0.2, -0.15) is 0 Å². The maximum Gasteiger partial charge on any atom is 0.0410 e. The molecule has 0 radical (unpaired) electrons. The lowest BCUT2D eigenvalue weighted by atomic mass is 9.83. The van der Waals surface area contributed by atoms with Gasteiger partial charge < -0.3 is 5.32 Å². The summed E-state index contributed by atoms with van der Waals surface area (Å²) in [7, 11) is 0. The van der Waals surface area contributed by atoms with Crippen molar-refractivity contribution in [3.8, 4) is 0 Å². The van der Waals surface area contributed by atoms with E-state index in [9.17, 15) is 0 Å². The Kier molecular flexibility index (Phi) is 4.23. The Morgan fingerprint density at radius 3 is 2.62 bits per heavy atom. The molecule has 24 heavy (non-hydrogen) atoms. The molecule has 2 heteroatoms. The van der Waals surface area contributed by atoms with E-state index in [0.29, 0.717) is 12.0 Å². The Morgan fingerprint density at radius 2 is 1.88 bits per heavy atom. The Bertz CT molecular complexity index is 677. The van der Waals surface area contributed by atoms with E-state index >= 15 is 0 Å². The number of rotatable bonds is 2. The first-order valence-electron chi connectivity index (χ1n) is 9.75. The van der Waals surface area contributed by atoms with Crippen LogP contribution in [0.15, 0.2) is 28.7 Å². The molecule has 6 unspecified atom stereocenters. The molecule has 1 saturated carbocycles. The van der Waals surface area contributed by atoms with Gasteiger partial charge in [0.2, 0.25) is 0 Å². The molecule has 1 aliphatic carbocycles. The van der Waals surface area contributed by atoms with Crippen molar-refractivity contribution < 1.29 is 0 Å². The predicted molar refractivity (Wildman–Crippen MR) is 107 cm³/mol. The van der Waals surface area contributed by atoms with E-state index in [1.54, 1.807) is 21.6 Å². The molecule has 0 bridgehead atoms. The average Bonchev–Trinajstić information content (AvgIpc) is 3.01. The third-order valence-electron chi connectivity index (χ3n) is 7.18. The van der Waals surface area contributed by atoms with Crippen molar-refractivity contribution in [2.45, 2.75) is 71.1 Å². The number of para-hydroxylation sites is 1. The van der Waals surface area contributed by atoms with E-state index in [4.69, 9.17) is 0 Å². The first-order chi connectivity index (χ1) is 11.5. The molecule has 4 rings (SSSR count). The smallest absolute Gasteiger partial charge is 0.0410 e. The predicted octanol–water partition coefficient (Wildman–Crippen LogP) is 6.22. The first kappa shape index (κ1) is 16.6. The maximum absolute atomic E-state index is 3.91. The standard InChI is InChI=1S/C22H31NS/c1-6-17-11-10-16-8-7-9-18(21(16)23-17)20-13(3)12(2)19-14(4)15(5)24-22(19)20/h7-9,12-13,17,19-20,22-23H,6,10-11H2,1-5H3. The van der Waals surface area contributed by atoms with Crippen molar-refractivity contribution in [1.82, 2.24) is 0 Å². The van der Waals surface area contributed by atoms with Crippen LogP contribution in [0.1, 0.15) is 64.5 Å². The number of nitrogens with one attached hydrogen (secondary N) is 1. The normalized spacial score (nSPS) is 38.0. The number of hydrogen-bond donors (Lipinski definition) is 1. The highest BCUT2D eigenvalue weighted by Gasteiger charge is 2.51. The topological polar surface area (TPSA) is 12.0 Å². The fourth-order valence-corrected chi connectivity index (χ4v) is 7.32. The Hall–Kier alpha value is -0.890. The summed E-state index contributed by atoms with van der Waals surface area (Å²) in [5.74, 6) is 2.99. The number of benzene rings is 1. The fraction of sp³-hybridized carbons (Fsp3) is 0.636. The van der Waals surface area contributed by atoms with Gasteiger partial charge in [-0.1, -0.05) is 44.5 Å². The molecule has 1 aromatic carbocycles. The van der Waals surface area contributed by atoms with Gasteiger partial charge in [0, 0.05) is 22.9 Å². The monoisotopic (exact) mass is 341 g/mol. The SMILES string of the molecule is CCC1CCc2cccc(C3C(C)C(C)C4C(C)=C(C)SC43)c2N1. The number of anilines is 1. The molecule has 6 atom stereocenters. The maximum atomic E-state index is 3.91. The summed E-state index contributed by atoms with van der Waals surface area (Å²) < 4.78 is 0. The summed E-state index contributed by atoms with van der Waals surface area (Å²) in [6.07, 6.45) is 3.75. The zero-order valence-electron chi connectivity index (χ0n) is 15.7. The molecule has 0 amide bonds. The van der Waals surface area contributed by atoms with Gasteiger partial charge in [-0.15, -0.1) is 11.8 Å². The second-order valence-electron chi connectivity index (χ2n) is 8.26. The van der Waals surface area contributed by atoms with Crippen molar-refractivity contribution in [1.29, 1.82) is 0 Å². The van der Waals surface area contributed by atoms with E-state index in [1.807, 2.05) is 0 Å². The molecular weight excluding hydrogens is 310 g/mol. The van der Waals surface area contributed by atoms with Crippen molar-refractivity contribution in [3.63, 3.8) is 0 Å². The molecule has 0 spiro atoms. The molecule has 2 heterocycles. The third kappa shape index (κ3) is 2.36. The summed E-state index contributed by atoms with van der Waals surface area (Å²) in [5.41, 5.74) is 6.30. The summed E-state index contributed by atoms with van der Waals surface area (Å²) in [6.45, 7) is 12.0. The second-order valence-corrected chi connectivity index (χ2v) is 9.65. The van der Waals surface area contributed by atoms with Crippen LogP contribution in [0.4, 0.5) is 5.69 Å². The zero-order valence-corrected chi connectivity index (χ0v) is 16.5. The summed E-state index contributed by atoms with van der Waals surface area (Å²) in [6, 6.07) is 7.72. The van der Waals surface area contributed by atoms with Crippen molar-refractivity contribution >= 4 is 17.4 Å². The minimum Gasteiger partial charge on any atom is -0.382 e. The molecule has 130 valence electrons. The number of fused-ring (bicyclic) bond motifs is 2. The van der Waals surface area contributed by atoms with Crippen molar-refractivity contribution in [2.75, 3.05) is 5.32 Å². The molecule has 0 aromatic heterocycles. The van der Waals surface area contributed by atoms with Gasteiger partial charge in [0.1, 0.15) is 0 Å². The Balaban J connectivity index is 1.75. The first-order valence-corrected chi connectivity index (χ1v) is 10.6. The highest BCUT2D eigenvalue weighted by molar-refractivity contribution is 8.04. The largest absolute Gasteiger partial charge is 0.382 e. The van der Waals surface area contributed by atoms with E-state index < -0.39 is 0 Å².